The van der Waals surface area contributed by atoms with Gasteiger partial charge in [0.25, 0.3) is 0 Å². The highest BCUT2D eigenvalue weighted by molar-refractivity contribution is 7.90. The monoisotopic (exact) mass is 526 g/mol. The molecule has 1 aromatic rings. The third-order valence-corrected chi connectivity index (χ3v) is 12.4. The highest BCUT2D eigenvalue weighted by Gasteiger charge is 2.37. The number of nitrogens with one attached hydrogen (secondary N) is 2. The van der Waals surface area contributed by atoms with E-state index < -0.39 is 30.5 Å². The molecule has 1 rings (SSSR count). The molecule has 1 aromatic carbocycles. The fourth-order valence-electron chi connectivity index (χ4n) is 2.47. The molecule has 0 saturated heterocycles. The second-order valence-electron chi connectivity index (χ2n) is 10.2. The molecule has 0 aliphatic heterocycles. The molecule has 0 radical (unpaired) electrons. The van der Waals surface area contributed by atoms with Gasteiger partial charge in [-0.25, -0.2) is 0 Å². The molecule has 186 valence electrons. The van der Waals surface area contributed by atoms with Crippen molar-refractivity contribution >= 4 is 42.9 Å². The first kappa shape index (κ1) is 30.0. The fourth-order valence-corrected chi connectivity index (χ4v) is 4.78. The molecular weight excluding hydrogens is 487 g/mol. The molecule has 0 heterocycles. The summed E-state index contributed by atoms with van der Waals surface area (Å²) in [6.07, 6.45) is 0. The van der Waals surface area contributed by atoms with Crippen molar-refractivity contribution in [3.63, 3.8) is 0 Å². The summed E-state index contributed by atoms with van der Waals surface area (Å²) < 4.78 is 32.7. The Morgan fingerprint density at radius 2 is 1.75 bits per heavy atom. The third-order valence-electron chi connectivity index (χ3n) is 5.48. The van der Waals surface area contributed by atoms with Crippen molar-refractivity contribution < 1.29 is 18.5 Å². The normalized spacial score (nSPS) is 15.0. The average Bonchev–Trinajstić information content (AvgIpc) is 2.66. The molecule has 10 heteroatoms. The van der Waals surface area contributed by atoms with E-state index in [9.17, 15) is 4.55 Å². The zero-order chi connectivity index (χ0) is 24.7. The van der Waals surface area contributed by atoms with E-state index in [4.69, 9.17) is 37.1 Å². The summed E-state index contributed by atoms with van der Waals surface area (Å²) in [6.45, 7) is 18.6. The molecule has 32 heavy (non-hydrogen) atoms. The first-order valence-electron chi connectivity index (χ1n) is 10.7. The molecule has 0 aliphatic carbocycles. The number of rotatable bonds is 12. The predicted molar refractivity (Wildman–Crippen MR) is 139 cm³/mol. The maximum absolute atomic E-state index is 12.9. The molecule has 2 N–H and O–H groups in total. The number of hydrogen-bond acceptors (Lipinski definition) is 6. The van der Waals surface area contributed by atoms with Crippen LogP contribution in [0.1, 0.15) is 53.1 Å². The average molecular weight is 528 g/mol. The highest BCUT2D eigenvalue weighted by Crippen LogP contribution is 2.38. The molecule has 0 aromatic heterocycles. The van der Waals surface area contributed by atoms with Crippen molar-refractivity contribution in [1.29, 1.82) is 0 Å². The van der Waals surface area contributed by atoms with E-state index in [1.54, 1.807) is 19.2 Å². The van der Waals surface area contributed by atoms with Crippen LogP contribution in [-0.4, -0.2) is 51.2 Å². The lowest BCUT2D eigenvalue weighted by molar-refractivity contribution is 0.0501. The molecule has 2 atom stereocenters. The summed E-state index contributed by atoms with van der Waals surface area (Å²) in [5.74, 6) is 0.531. The third kappa shape index (κ3) is 8.96. The van der Waals surface area contributed by atoms with E-state index in [1.807, 2.05) is 20.8 Å². The van der Waals surface area contributed by atoms with Gasteiger partial charge in [0.1, 0.15) is 10.5 Å². The Labute approximate surface area is 208 Å². The zero-order valence-corrected chi connectivity index (χ0v) is 24.2. The molecule has 0 aliphatic rings. The van der Waals surface area contributed by atoms with Crippen LogP contribution in [0.25, 0.3) is 0 Å². The van der Waals surface area contributed by atoms with E-state index in [2.05, 4.69) is 43.9 Å². The van der Waals surface area contributed by atoms with Crippen LogP contribution < -0.4 is 14.8 Å². The van der Waals surface area contributed by atoms with E-state index in [1.165, 1.54) is 0 Å². The number of methoxy groups -OCH3 is 1. The van der Waals surface area contributed by atoms with Crippen molar-refractivity contribution in [2.75, 3.05) is 33.6 Å². The van der Waals surface area contributed by atoms with Gasteiger partial charge in [0.05, 0.1) is 16.1 Å². The topological polar surface area (TPSA) is 74.8 Å². The maximum Gasteiger partial charge on any atom is 0.192 e. The highest BCUT2D eigenvalue weighted by atomic mass is 35.5. The van der Waals surface area contributed by atoms with Crippen LogP contribution in [0.3, 0.4) is 0 Å². The van der Waals surface area contributed by atoms with Crippen molar-refractivity contribution in [2.45, 2.75) is 70.5 Å². The zero-order valence-electron chi connectivity index (χ0n) is 20.9. The van der Waals surface area contributed by atoms with E-state index in [0.717, 1.165) is 0 Å². The Hall–Kier alpha value is -0.0331. The van der Waals surface area contributed by atoms with Gasteiger partial charge in [-0.05, 0) is 51.0 Å². The minimum Gasteiger partial charge on any atom is -0.598 e. The van der Waals surface area contributed by atoms with Crippen molar-refractivity contribution in [1.82, 2.24) is 10.0 Å². The smallest absolute Gasteiger partial charge is 0.192 e. The van der Waals surface area contributed by atoms with Crippen LogP contribution in [0.5, 0.6) is 5.75 Å². The minimum atomic E-state index is -1.81. The number of benzene rings is 1. The molecule has 0 saturated carbocycles. The lowest BCUT2D eigenvalue weighted by Gasteiger charge is -2.36. The lowest BCUT2D eigenvalue weighted by atomic mass is 10.1. The van der Waals surface area contributed by atoms with Crippen molar-refractivity contribution in [3.05, 3.63) is 27.7 Å². The molecule has 0 fully saturated rings. The van der Waals surface area contributed by atoms with Crippen LogP contribution in [0, 0.1) is 0 Å². The second-order valence-corrected chi connectivity index (χ2v) is 17.8. The number of hydrogen-bond donors (Lipinski definition) is 2. The van der Waals surface area contributed by atoms with Crippen LogP contribution in [-0.2, 0) is 20.5 Å². The summed E-state index contributed by atoms with van der Waals surface area (Å²) in [4.78, 5) is 0. The van der Waals surface area contributed by atoms with Crippen LogP contribution in [0.2, 0.25) is 28.2 Å². The van der Waals surface area contributed by atoms with Gasteiger partial charge in [-0.3, -0.25) is 0 Å². The van der Waals surface area contributed by atoms with Gasteiger partial charge in [-0.2, -0.15) is 0 Å². The van der Waals surface area contributed by atoms with E-state index >= 15 is 0 Å². The first-order valence-corrected chi connectivity index (χ1v) is 15.6. The first-order chi connectivity index (χ1) is 14.6. The molecule has 6 nitrogen and oxygen atoms in total. The lowest BCUT2D eigenvalue weighted by Crippen LogP contribution is -2.45. The summed E-state index contributed by atoms with van der Waals surface area (Å²) >= 11 is 11.6. The summed E-state index contributed by atoms with van der Waals surface area (Å²) in [7, 11) is -0.267. The second kappa shape index (κ2) is 12.6. The quantitative estimate of drug-likeness (QED) is 0.158. The van der Waals surface area contributed by atoms with E-state index in [-0.39, 0.29) is 11.8 Å². The van der Waals surface area contributed by atoms with Gasteiger partial charge in [0.15, 0.2) is 15.1 Å². The maximum atomic E-state index is 12.9. The summed E-state index contributed by atoms with van der Waals surface area (Å²) in [5.41, 5.74) is 0.645. The van der Waals surface area contributed by atoms with E-state index in [0.29, 0.717) is 41.1 Å². The standard InChI is InChI=1S/C22H40Cl2N2O4SSi/c1-21(2,3)31(27)26-17(14-25-12-13-30-32(8,9)22(4,5)6)19-18(29-15-28-7)11-10-16(23)20(19)24/h10-11,17,25-26H,12-15H2,1-9H3/t17-,31+/m1/s1. The largest absolute Gasteiger partial charge is 0.598 e. The van der Waals surface area contributed by atoms with Crippen LogP contribution in [0.15, 0.2) is 12.1 Å². The minimum absolute atomic E-state index is 0.0633. The molecule has 0 spiro atoms. The van der Waals surface area contributed by atoms with Crippen molar-refractivity contribution in [3.8, 4) is 5.75 Å². The Morgan fingerprint density at radius 3 is 2.28 bits per heavy atom. The Morgan fingerprint density at radius 1 is 1.12 bits per heavy atom. The van der Waals surface area contributed by atoms with Gasteiger partial charge < -0.3 is 23.8 Å². The predicted octanol–water partition coefficient (Wildman–Crippen LogP) is 5.68. The summed E-state index contributed by atoms with van der Waals surface area (Å²) in [5, 5.41) is 4.33. The van der Waals surface area contributed by atoms with Crippen LogP contribution in [0.4, 0.5) is 0 Å². The van der Waals surface area contributed by atoms with Crippen LogP contribution >= 0.6 is 23.2 Å². The van der Waals surface area contributed by atoms with Gasteiger partial charge in [-0.1, -0.05) is 44.0 Å². The fraction of sp³-hybridized carbons (Fsp3) is 0.727. The molecule has 0 amide bonds. The number of ether oxygens (including phenoxy) is 2. The van der Waals surface area contributed by atoms with Gasteiger partial charge >= 0.3 is 0 Å². The Bertz CT molecular complexity index is 727. The van der Waals surface area contributed by atoms with Gasteiger partial charge in [0.2, 0.25) is 0 Å². The number of halogens is 2. The molecule has 0 bridgehead atoms. The summed E-state index contributed by atoms with van der Waals surface area (Å²) in [6, 6.07) is 3.02. The van der Waals surface area contributed by atoms with Crippen molar-refractivity contribution in [2.24, 2.45) is 0 Å². The molecule has 0 unspecified atom stereocenters. The SMILES string of the molecule is COCOc1ccc(Cl)c(Cl)c1[C@@H](CNCCO[Si](C)(C)C(C)(C)C)N[S@@+]([O-])C(C)(C)C. The van der Waals surface area contributed by atoms with Gasteiger partial charge in [-0.15, -0.1) is 4.72 Å². The Balaban J connectivity index is 3.02. The Kier molecular flexibility index (Phi) is 11.8. The van der Waals surface area contributed by atoms with Gasteiger partial charge in [0, 0.05) is 43.7 Å². The molecular formula is C22H40Cl2N2O4SSi.